The molecular formula is C14H13N3O4. The zero-order chi connectivity index (χ0) is 15.4. The first-order chi connectivity index (χ1) is 9.97. The summed E-state index contributed by atoms with van der Waals surface area (Å²) in [6, 6.07) is 5.18. The third kappa shape index (κ3) is 3.47. The van der Waals surface area contributed by atoms with E-state index in [-0.39, 0.29) is 11.3 Å². The fourth-order valence-electron chi connectivity index (χ4n) is 1.72. The summed E-state index contributed by atoms with van der Waals surface area (Å²) in [5, 5.41) is 23.6. The molecule has 1 aromatic carbocycles. The number of aromatic hydroxyl groups is 1. The van der Waals surface area contributed by atoms with Crippen LogP contribution in [0.15, 0.2) is 36.7 Å². The standard InChI is InChI=1S/C14H13N3O4/c1-8-5-9(7-15-6-8)16-14(21)17-11-4-2-3-10(12(11)18)13(19)20/h2-7,18H,1H3,(H,19,20)(H2,16,17,21). The van der Waals surface area contributed by atoms with Gasteiger partial charge >= 0.3 is 12.0 Å². The van der Waals surface area contributed by atoms with Crippen LogP contribution < -0.4 is 10.6 Å². The lowest BCUT2D eigenvalue weighted by Gasteiger charge is -2.10. The molecule has 0 aliphatic heterocycles. The van der Waals surface area contributed by atoms with E-state index in [0.29, 0.717) is 5.69 Å². The van der Waals surface area contributed by atoms with Crippen LogP contribution in [0.5, 0.6) is 5.75 Å². The van der Waals surface area contributed by atoms with Crippen LogP contribution in [0, 0.1) is 6.92 Å². The summed E-state index contributed by atoms with van der Waals surface area (Å²) in [6.45, 7) is 1.83. The first-order valence-corrected chi connectivity index (χ1v) is 6.02. The predicted molar refractivity (Wildman–Crippen MR) is 76.7 cm³/mol. The van der Waals surface area contributed by atoms with Crippen LogP contribution in [0.2, 0.25) is 0 Å². The van der Waals surface area contributed by atoms with E-state index in [0.717, 1.165) is 5.56 Å². The van der Waals surface area contributed by atoms with Gasteiger partial charge in [-0.05, 0) is 30.7 Å². The lowest BCUT2D eigenvalue weighted by atomic mass is 10.1. The lowest BCUT2D eigenvalue weighted by molar-refractivity contribution is 0.0694. The Kier molecular flexibility index (Phi) is 4.03. The number of pyridine rings is 1. The number of nitrogens with zero attached hydrogens (tertiary/aromatic N) is 1. The lowest BCUT2D eigenvalue weighted by Crippen LogP contribution is -2.20. The molecule has 7 nitrogen and oxygen atoms in total. The number of anilines is 2. The number of carbonyl (C=O) groups excluding carboxylic acids is 1. The average molecular weight is 287 g/mol. The Labute approximate surface area is 120 Å². The summed E-state index contributed by atoms with van der Waals surface area (Å²) < 4.78 is 0. The molecule has 1 aromatic heterocycles. The highest BCUT2D eigenvalue weighted by Crippen LogP contribution is 2.27. The quantitative estimate of drug-likeness (QED) is 0.648. The van der Waals surface area contributed by atoms with E-state index in [9.17, 15) is 14.7 Å². The maximum Gasteiger partial charge on any atom is 0.339 e. The number of hydrogen-bond acceptors (Lipinski definition) is 4. The number of nitrogens with one attached hydrogen (secondary N) is 2. The Morgan fingerprint density at radius 1 is 1.19 bits per heavy atom. The monoisotopic (exact) mass is 287 g/mol. The van der Waals surface area contributed by atoms with Gasteiger partial charge < -0.3 is 20.8 Å². The van der Waals surface area contributed by atoms with Crippen molar-refractivity contribution in [1.82, 2.24) is 4.98 Å². The van der Waals surface area contributed by atoms with E-state index in [1.54, 1.807) is 12.3 Å². The summed E-state index contributed by atoms with van der Waals surface area (Å²) in [4.78, 5) is 26.6. The number of carboxylic acids is 1. The van der Waals surface area contributed by atoms with Crippen molar-refractivity contribution in [2.45, 2.75) is 6.92 Å². The van der Waals surface area contributed by atoms with Crippen LogP contribution in [0.25, 0.3) is 0 Å². The largest absolute Gasteiger partial charge is 0.505 e. The summed E-state index contributed by atoms with van der Waals surface area (Å²) in [5.74, 6) is -1.78. The van der Waals surface area contributed by atoms with E-state index < -0.39 is 17.7 Å². The Balaban J connectivity index is 2.13. The minimum absolute atomic E-state index is 0.00742. The topological polar surface area (TPSA) is 112 Å². The molecule has 2 aromatic rings. The summed E-state index contributed by atoms with van der Waals surface area (Å²) in [5.41, 5.74) is 1.09. The van der Waals surface area contributed by atoms with Crippen molar-refractivity contribution >= 4 is 23.4 Å². The van der Waals surface area contributed by atoms with Gasteiger partial charge in [0.15, 0.2) is 5.75 Å². The number of hydrogen-bond donors (Lipinski definition) is 4. The number of carboxylic acid groups (broad SMARTS) is 1. The first-order valence-electron chi connectivity index (χ1n) is 6.02. The van der Waals surface area contributed by atoms with Crippen molar-refractivity contribution in [3.63, 3.8) is 0 Å². The molecule has 0 saturated carbocycles. The molecule has 4 N–H and O–H groups in total. The number of phenols is 1. The highest BCUT2D eigenvalue weighted by atomic mass is 16.4. The van der Waals surface area contributed by atoms with E-state index in [4.69, 9.17) is 5.11 Å². The molecule has 0 aliphatic carbocycles. The highest BCUT2D eigenvalue weighted by molar-refractivity contribution is 6.02. The number of amides is 2. The second kappa shape index (κ2) is 5.91. The van der Waals surface area contributed by atoms with Crippen LogP contribution >= 0.6 is 0 Å². The fourth-order valence-corrected chi connectivity index (χ4v) is 1.72. The normalized spacial score (nSPS) is 9.95. The van der Waals surface area contributed by atoms with Gasteiger partial charge in [-0.25, -0.2) is 9.59 Å². The molecule has 0 spiro atoms. The third-order valence-corrected chi connectivity index (χ3v) is 2.65. The molecule has 0 fully saturated rings. The van der Waals surface area contributed by atoms with Crippen molar-refractivity contribution in [3.05, 3.63) is 47.8 Å². The molecule has 21 heavy (non-hydrogen) atoms. The number of carbonyl (C=O) groups is 2. The summed E-state index contributed by atoms with van der Waals surface area (Å²) in [7, 11) is 0. The number of aromatic nitrogens is 1. The Morgan fingerprint density at radius 3 is 2.62 bits per heavy atom. The van der Waals surface area contributed by atoms with E-state index in [1.165, 1.54) is 24.4 Å². The Bertz CT molecular complexity index is 700. The number of rotatable bonds is 3. The van der Waals surface area contributed by atoms with E-state index in [2.05, 4.69) is 15.6 Å². The molecule has 0 atom stereocenters. The number of benzene rings is 1. The van der Waals surface area contributed by atoms with Gasteiger partial charge in [0.2, 0.25) is 0 Å². The van der Waals surface area contributed by atoms with Crippen LogP contribution in [-0.4, -0.2) is 27.2 Å². The van der Waals surface area contributed by atoms with E-state index >= 15 is 0 Å². The van der Waals surface area contributed by atoms with Crippen LogP contribution in [0.3, 0.4) is 0 Å². The van der Waals surface area contributed by atoms with Gasteiger partial charge in [0, 0.05) is 6.20 Å². The molecule has 1 heterocycles. The molecule has 0 aliphatic rings. The second-order valence-corrected chi connectivity index (χ2v) is 4.34. The van der Waals surface area contributed by atoms with Gasteiger partial charge in [0.05, 0.1) is 17.6 Å². The van der Waals surface area contributed by atoms with Crippen LogP contribution in [-0.2, 0) is 0 Å². The van der Waals surface area contributed by atoms with Gasteiger partial charge in [-0.15, -0.1) is 0 Å². The van der Waals surface area contributed by atoms with Gasteiger partial charge in [-0.1, -0.05) is 6.07 Å². The van der Waals surface area contributed by atoms with Crippen molar-refractivity contribution in [3.8, 4) is 5.75 Å². The Hall–Kier alpha value is -3.09. The molecule has 0 radical (unpaired) electrons. The maximum atomic E-state index is 11.8. The number of aryl methyl sites for hydroxylation is 1. The molecule has 2 amide bonds. The minimum Gasteiger partial charge on any atom is -0.505 e. The number of urea groups is 1. The zero-order valence-corrected chi connectivity index (χ0v) is 11.1. The van der Waals surface area contributed by atoms with Gasteiger partial charge in [0.25, 0.3) is 0 Å². The maximum absolute atomic E-state index is 11.8. The molecule has 0 bridgehead atoms. The highest BCUT2D eigenvalue weighted by Gasteiger charge is 2.14. The Morgan fingerprint density at radius 2 is 1.95 bits per heavy atom. The van der Waals surface area contributed by atoms with E-state index in [1.807, 2.05) is 6.92 Å². The van der Waals surface area contributed by atoms with Gasteiger partial charge in [-0.3, -0.25) is 4.98 Å². The van der Waals surface area contributed by atoms with Crippen molar-refractivity contribution in [1.29, 1.82) is 0 Å². The predicted octanol–water partition coefficient (Wildman–Crippen LogP) is 2.44. The summed E-state index contributed by atoms with van der Waals surface area (Å²) in [6.07, 6.45) is 3.12. The molecule has 2 rings (SSSR count). The summed E-state index contributed by atoms with van der Waals surface area (Å²) >= 11 is 0. The van der Waals surface area contributed by atoms with Crippen molar-refractivity contribution < 1.29 is 19.8 Å². The average Bonchev–Trinajstić information content (AvgIpc) is 2.40. The van der Waals surface area contributed by atoms with Gasteiger partial charge in [0.1, 0.15) is 5.56 Å². The smallest absolute Gasteiger partial charge is 0.339 e. The van der Waals surface area contributed by atoms with Crippen LogP contribution in [0.1, 0.15) is 15.9 Å². The molecular weight excluding hydrogens is 274 g/mol. The van der Waals surface area contributed by atoms with Crippen molar-refractivity contribution in [2.75, 3.05) is 10.6 Å². The third-order valence-electron chi connectivity index (χ3n) is 2.65. The zero-order valence-electron chi connectivity index (χ0n) is 11.1. The van der Waals surface area contributed by atoms with Crippen LogP contribution in [0.4, 0.5) is 16.2 Å². The minimum atomic E-state index is -1.28. The first kappa shape index (κ1) is 14.3. The molecule has 0 unspecified atom stereocenters. The second-order valence-electron chi connectivity index (χ2n) is 4.34. The molecule has 108 valence electrons. The molecule has 0 saturated heterocycles. The van der Waals surface area contributed by atoms with Gasteiger partial charge in [-0.2, -0.15) is 0 Å². The number of aromatic carboxylic acids is 1. The molecule has 7 heteroatoms. The SMILES string of the molecule is Cc1cncc(NC(=O)Nc2cccc(C(=O)O)c2O)c1. The van der Waals surface area contributed by atoms with Crippen molar-refractivity contribution in [2.24, 2.45) is 0 Å². The fraction of sp³-hybridized carbons (Fsp3) is 0.0714. The number of para-hydroxylation sites is 1.